The summed E-state index contributed by atoms with van der Waals surface area (Å²) in [5.74, 6) is 0.268. The third-order valence-corrected chi connectivity index (χ3v) is 4.62. The van der Waals surface area contributed by atoms with Gasteiger partial charge in [-0.2, -0.15) is 0 Å². The largest absolute Gasteiger partial charge is 0.476 e. The fraction of sp³-hybridized carbons (Fsp3) is 0.643. The van der Waals surface area contributed by atoms with Crippen molar-refractivity contribution in [3.05, 3.63) is 16.1 Å². The number of nitrogens with one attached hydrogen (secondary N) is 2. The van der Waals surface area contributed by atoms with Gasteiger partial charge in [0.1, 0.15) is 5.01 Å². The Bertz CT molecular complexity index is 503. The highest BCUT2D eigenvalue weighted by atomic mass is 32.1. The maximum absolute atomic E-state index is 11.7. The first-order valence-corrected chi connectivity index (χ1v) is 8.12. The molecule has 6 nitrogen and oxygen atoms in total. The first-order valence-electron chi connectivity index (χ1n) is 7.24. The molecule has 0 spiro atoms. The minimum atomic E-state index is -1.05. The summed E-state index contributed by atoms with van der Waals surface area (Å²) in [4.78, 5) is 26.3. The highest BCUT2D eigenvalue weighted by Crippen LogP contribution is 2.27. The second kappa shape index (κ2) is 7.40. The molecule has 1 aliphatic carbocycles. The first kappa shape index (κ1) is 15.8. The van der Waals surface area contributed by atoms with Gasteiger partial charge >= 0.3 is 12.0 Å². The van der Waals surface area contributed by atoms with E-state index in [4.69, 9.17) is 5.11 Å². The van der Waals surface area contributed by atoms with E-state index in [1.807, 2.05) is 0 Å². The number of carboxylic acids is 1. The molecule has 1 saturated carbocycles. The molecule has 3 N–H and O–H groups in total. The smallest absolute Gasteiger partial charge is 0.355 e. The lowest BCUT2D eigenvalue weighted by atomic mass is 9.82. The van der Waals surface area contributed by atoms with Crippen molar-refractivity contribution in [2.75, 3.05) is 6.54 Å². The monoisotopic (exact) mass is 311 g/mol. The molecule has 7 heteroatoms. The summed E-state index contributed by atoms with van der Waals surface area (Å²) in [5, 5.41) is 16.4. The van der Waals surface area contributed by atoms with Gasteiger partial charge in [0.05, 0.1) is 6.54 Å². The number of hydrogen-bond donors (Lipinski definition) is 3. The highest BCUT2D eigenvalue weighted by molar-refractivity contribution is 7.09. The Morgan fingerprint density at radius 1 is 1.43 bits per heavy atom. The van der Waals surface area contributed by atoms with Gasteiger partial charge in [0.2, 0.25) is 0 Å². The summed E-state index contributed by atoms with van der Waals surface area (Å²) in [5.41, 5.74) is 0.0217. The van der Waals surface area contributed by atoms with E-state index in [1.165, 1.54) is 42.4 Å². The summed E-state index contributed by atoms with van der Waals surface area (Å²) >= 11 is 1.23. The van der Waals surface area contributed by atoms with Crippen molar-refractivity contribution >= 4 is 23.3 Å². The van der Waals surface area contributed by atoms with Crippen molar-refractivity contribution in [2.45, 2.75) is 39.2 Å². The summed E-state index contributed by atoms with van der Waals surface area (Å²) in [6.45, 7) is 3.22. The molecule has 2 unspecified atom stereocenters. The topological polar surface area (TPSA) is 91.3 Å². The van der Waals surface area contributed by atoms with Gasteiger partial charge in [-0.05, 0) is 24.7 Å². The molecule has 0 aliphatic heterocycles. The number of hydrogen-bond acceptors (Lipinski definition) is 4. The third kappa shape index (κ3) is 5.00. The van der Waals surface area contributed by atoms with Crippen LogP contribution in [0.1, 0.15) is 48.1 Å². The summed E-state index contributed by atoms with van der Waals surface area (Å²) in [6.07, 6.45) is 4.89. The lowest BCUT2D eigenvalue weighted by molar-refractivity contribution is 0.0691. The third-order valence-electron chi connectivity index (χ3n) is 3.77. The molecule has 1 aliphatic rings. The number of nitrogens with zero attached hydrogens (tertiary/aromatic N) is 1. The number of urea groups is 1. The van der Waals surface area contributed by atoms with Crippen LogP contribution in [0.3, 0.4) is 0 Å². The molecule has 0 bridgehead atoms. The van der Waals surface area contributed by atoms with E-state index in [1.54, 1.807) is 0 Å². The van der Waals surface area contributed by atoms with E-state index in [9.17, 15) is 9.59 Å². The molecule has 1 aromatic rings. The van der Waals surface area contributed by atoms with Crippen LogP contribution in [0.5, 0.6) is 0 Å². The molecule has 2 atom stereocenters. The Balaban J connectivity index is 1.68. The fourth-order valence-corrected chi connectivity index (χ4v) is 3.40. The number of carbonyl (C=O) groups excluding carboxylic acids is 1. The SMILES string of the molecule is CC1CCCC(CNC(=O)NCc2nc(C(=O)O)cs2)C1. The number of amides is 2. The van der Waals surface area contributed by atoms with Crippen molar-refractivity contribution in [2.24, 2.45) is 11.8 Å². The Morgan fingerprint density at radius 3 is 2.90 bits per heavy atom. The van der Waals surface area contributed by atoms with Crippen LogP contribution < -0.4 is 10.6 Å². The van der Waals surface area contributed by atoms with Gasteiger partial charge in [0.25, 0.3) is 0 Å². The normalized spacial score (nSPS) is 21.8. The molecule has 0 saturated heterocycles. The number of aromatic carboxylic acids is 1. The molecule has 2 rings (SSSR count). The zero-order valence-corrected chi connectivity index (χ0v) is 12.9. The lowest BCUT2D eigenvalue weighted by Gasteiger charge is -2.26. The Kier molecular flexibility index (Phi) is 5.55. The Hall–Kier alpha value is -1.63. The molecule has 1 aromatic heterocycles. The summed E-state index contributed by atoms with van der Waals surface area (Å²) in [7, 11) is 0. The Labute approximate surface area is 128 Å². The van der Waals surface area contributed by atoms with Crippen molar-refractivity contribution < 1.29 is 14.7 Å². The first-order chi connectivity index (χ1) is 10.0. The Morgan fingerprint density at radius 2 is 2.24 bits per heavy atom. The van der Waals surface area contributed by atoms with Gasteiger partial charge in [-0.1, -0.05) is 19.8 Å². The molecule has 0 radical (unpaired) electrons. The molecular weight excluding hydrogens is 290 g/mol. The summed E-state index contributed by atoms with van der Waals surface area (Å²) < 4.78 is 0. The van der Waals surface area contributed by atoms with E-state index in [0.29, 0.717) is 17.5 Å². The molecule has 116 valence electrons. The zero-order chi connectivity index (χ0) is 15.2. The van der Waals surface area contributed by atoms with Gasteiger partial charge in [0.15, 0.2) is 5.69 Å². The van der Waals surface area contributed by atoms with Crippen LogP contribution >= 0.6 is 11.3 Å². The molecule has 0 aromatic carbocycles. The van der Waals surface area contributed by atoms with Crippen LogP contribution in [0.4, 0.5) is 4.79 Å². The van der Waals surface area contributed by atoms with Crippen molar-refractivity contribution in [1.82, 2.24) is 15.6 Å². The number of rotatable bonds is 5. The standard InChI is InChI=1S/C14H21N3O3S/c1-9-3-2-4-10(5-9)6-15-14(20)16-7-12-17-11(8-21-12)13(18)19/h8-10H,2-7H2,1H3,(H,18,19)(H2,15,16,20). The van der Waals surface area contributed by atoms with E-state index >= 15 is 0 Å². The molecule has 2 amide bonds. The van der Waals surface area contributed by atoms with Crippen LogP contribution in [-0.4, -0.2) is 28.6 Å². The molecule has 1 heterocycles. The van der Waals surface area contributed by atoms with Gasteiger partial charge in [-0.15, -0.1) is 11.3 Å². The second-order valence-electron chi connectivity index (χ2n) is 5.63. The van der Waals surface area contributed by atoms with E-state index in [-0.39, 0.29) is 18.3 Å². The van der Waals surface area contributed by atoms with Crippen LogP contribution in [0, 0.1) is 11.8 Å². The van der Waals surface area contributed by atoms with E-state index < -0.39 is 5.97 Å². The lowest BCUT2D eigenvalue weighted by Crippen LogP contribution is -2.38. The highest BCUT2D eigenvalue weighted by Gasteiger charge is 2.19. The maximum Gasteiger partial charge on any atom is 0.355 e. The average molecular weight is 311 g/mol. The summed E-state index contributed by atoms with van der Waals surface area (Å²) in [6, 6.07) is -0.222. The van der Waals surface area contributed by atoms with Crippen LogP contribution in [-0.2, 0) is 6.54 Å². The van der Waals surface area contributed by atoms with Crippen molar-refractivity contribution in [3.63, 3.8) is 0 Å². The molecule has 1 fully saturated rings. The average Bonchev–Trinajstić information content (AvgIpc) is 2.92. The predicted octanol–water partition coefficient (Wildman–Crippen LogP) is 2.47. The van der Waals surface area contributed by atoms with Crippen LogP contribution in [0.25, 0.3) is 0 Å². The number of thiazole rings is 1. The van der Waals surface area contributed by atoms with Gasteiger partial charge < -0.3 is 15.7 Å². The molecular formula is C14H21N3O3S. The number of carbonyl (C=O) groups is 2. The van der Waals surface area contributed by atoms with E-state index in [2.05, 4.69) is 22.5 Å². The molecule has 21 heavy (non-hydrogen) atoms. The predicted molar refractivity (Wildman–Crippen MR) is 80.4 cm³/mol. The van der Waals surface area contributed by atoms with Crippen LogP contribution in [0.15, 0.2) is 5.38 Å². The van der Waals surface area contributed by atoms with Crippen LogP contribution in [0.2, 0.25) is 0 Å². The number of aromatic nitrogens is 1. The van der Waals surface area contributed by atoms with Gasteiger partial charge in [-0.25, -0.2) is 14.6 Å². The van der Waals surface area contributed by atoms with Crippen molar-refractivity contribution in [1.29, 1.82) is 0 Å². The zero-order valence-electron chi connectivity index (χ0n) is 12.1. The maximum atomic E-state index is 11.7. The quantitative estimate of drug-likeness (QED) is 0.779. The number of carboxylic acid groups (broad SMARTS) is 1. The second-order valence-corrected chi connectivity index (χ2v) is 6.58. The minimum absolute atomic E-state index is 0.0217. The van der Waals surface area contributed by atoms with E-state index in [0.717, 1.165) is 5.92 Å². The van der Waals surface area contributed by atoms with Gasteiger partial charge in [0, 0.05) is 11.9 Å². The van der Waals surface area contributed by atoms with Crippen molar-refractivity contribution in [3.8, 4) is 0 Å². The minimum Gasteiger partial charge on any atom is -0.476 e. The fourth-order valence-electron chi connectivity index (χ4n) is 2.69. The van der Waals surface area contributed by atoms with Gasteiger partial charge in [-0.3, -0.25) is 0 Å².